The van der Waals surface area contributed by atoms with Gasteiger partial charge in [-0.25, -0.2) is 0 Å². The molecule has 2 heteroatoms. The molecule has 0 radical (unpaired) electrons. The van der Waals surface area contributed by atoms with Crippen molar-refractivity contribution in [1.29, 1.82) is 0 Å². The summed E-state index contributed by atoms with van der Waals surface area (Å²) < 4.78 is 1.23. The lowest BCUT2D eigenvalue weighted by Gasteiger charge is -2.32. The molecule has 112 valence electrons. The Labute approximate surface area is 132 Å². The van der Waals surface area contributed by atoms with Crippen molar-refractivity contribution in [3.63, 3.8) is 0 Å². The van der Waals surface area contributed by atoms with E-state index in [-0.39, 0.29) is 0 Å². The molecule has 1 atom stereocenters. The molecule has 1 saturated carbocycles. The summed E-state index contributed by atoms with van der Waals surface area (Å²) in [6.07, 6.45) is 8.21. The molecule has 2 rings (SSSR count). The molecule has 0 heterocycles. The zero-order valence-electron chi connectivity index (χ0n) is 13.1. The molecule has 1 aliphatic carbocycles. The maximum atomic E-state index is 3.83. The monoisotopic (exact) mass is 337 g/mol. The Morgan fingerprint density at radius 3 is 2.50 bits per heavy atom. The number of hydrogen-bond donors (Lipinski definition) is 1. The van der Waals surface area contributed by atoms with E-state index in [0.29, 0.717) is 6.04 Å². The van der Waals surface area contributed by atoms with Crippen LogP contribution in [0, 0.1) is 19.8 Å². The number of hydrogen-bond acceptors (Lipinski definition) is 1. The van der Waals surface area contributed by atoms with Gasteiger partial charge in [0, 0.05) is 10.5 Å². The molecule has 1 unspecified atom stereocenters. The molecule has 1 aliphatic rings. The minimum Gasteiger partial charge on any atom is -0.310 e. The van der Waals surface area contributed by atoms with Gasteiger partial charge >= 0.3 is 0 Å². The summed E-state index contributed by atoms with van der Waals surface area (Å²) in [6.45, 7) is 7.83. The third-order valence-electron chi connectivity index (χ3n) is 4.62. The first-order chi connectivity index (χ1) is 9.63. The Morgan fingerprint density at radius 1 is 1.15 bits per heavy atom. The van der Waals surface area contributed by atoms with Crippen molar-refractivity contribution in [2.45, 2.75) is 65.3 Å². The van der Waals surface area contributed by atoms with Crippen molar-refractivity contribution in [3.05, 3.63) is 33.3 Å². The third kappa shape index (κ3) is 3.85. The first kappa shape index (κ1) is 16.0. The molecule has 0 aliphatic heterocycles. The average molecular weight is 338 g/mol. The van der Waals surface area contributed by atoms with Crippen LogP contribution in [0.15, 0.2) is 16.6 Å². The van der Waals surface area contributed by atoms with Crippen molar-refractivity contribution in [2.24, 2.45) is 5.92 Å². The predicted octanol–water partition coefficient (Wildman–Crippen LogP) is 5.69. The Hall–Kier alpha value is -0.340. The van der Waals surface area contributed by atoms with Gasteiger partial charge in [0.2, 0.25) is 0 Å². The lowest BCUT2D eigenvalue weighted by molar-refractivity contribution is 0.271. The molecule has 0 aromatic heterocycles. The molecule has 1 aromatic rings. The van der Waals surface area contributed by atoms with Crippen LogP contribution in [0.25, 0.3) is 0 Å². The number of aryl methyl sites for hydroxylation is 2. The minimum absolute atomic E-state index is 0.544. The van der Waals surface area contributed by atoms with Crippen LogP contribution in [0.4, 0.5) is 0 Å². The topological polar surface area (TPSA) is 12.0 Å². The molecular weight excluding hydrogens is 310 g/mol. The second-order valence-corrected chi connectivity index (χ2v) is 7.14. The molecule has 0 amide bonds. The highest BCUT2D eigenvalue weighted by Gasteiger charge is 2.25. The van der Waals surface area contributed by atoms with Crippen molar-refractivity contribution in [1.82, 2.24) is 5.32 Å². The minimum atomic E-state index is 0.544. The lowest BCUT2D eigenvalue weighted by atomic mass is 9.79. The van der Waals surface area contributed by atoms with E-state index in [1.807, 2.05) is 0 Å². The second-order valence-electron chi connectivity index (χ2n) is 6.29. The standard InChI is InChI=1S/C18H28BrN/c1-4-10-20-18(15-8-6-5-7-9-15)16-11-14(3)17(19)12-13(16)2/h11-12,15,18,20H,4-10H2,1-3H3. The van der Waals surface area contributed by atoms with Gasteiger partial charge in [0.25, 0.3) is 0 Å². The van der Waals surface area contributed by atoms with Crippen LogP contribution in [0.2, 0.25) is 0 Å². The SMILES string of the molecule is CCCNC(c1cc(C)c(Br)cc1C)C1CCCCC1. The van der Waals surface area contributed by atoms with Gasteiger partial charge in [0.1, 0.15) is 0 Å². The molecule has 1 N–H and O–H groups in total. The van der Waals surface area contributed by atoms with Crippen LogP contribution in [0.5, 0.6) is 0 Å². The lowest BCUT2D eigenvalue weighted by Crippen LogP contribution is -2.31. The summed E-state index contributed by atoms with van der Waals surface area (Å²) in [7, 11) is 0. The second kappa shape index (κ2) is 7.61. The third-order valence-corrected chi connectivity index (χ3v) is 5.47. The largest absolute Gasteiger partial charge is 0.310 e. The van der Waals surface area contributed by atoms with E-state index >= 15 is 0 Å². The Balaban J connectivity index is 2.27. The fraction of sp³-hybridized carbons (Fsp3) is 0.667. The molecule has 1 aromatic carbocycles. The van der Waals surface area contributed by atoms with Gasteiger partial charge in [0.05, 0.1) is 0 Å². The Bertz CT molecular complexity index is 435. The number of halogens is 1. The van der Waals surface area contributed by atoms with Crippen molar-refractivity contribution >= 4 is 15.9 Å². The zero-order valence-corrected chi connectivity index (χ0v) is 14.7. The van der Waals surface area contributed by atoms with Crippen LogP contribution >= 0.6 is 15.9 Å². The predicted molar refractivity (Wildman–Crippen MR) is 91.2 cm³/mol. The quantitative estimate of drug-likeness (QED) is 0.727. The van der Waals surface area contributed by atoms with E-state index < -0.39 is 0 Å². The van der Waals surface area contributed by atoms with Crippen LogP contribution in [-0.2, 0) is 0 Å². The van der Waals surface area contributed by atoms with E-state index in [2.05, 4.69) is 54.2 Å². The Morgan fingerprint density at radius 2 is 1.85 bits per heavy atom. The summed E-state index contributed by atoms with van der Waals surface area (Å²) in [5.41, 5.74) is 4.29. The van der Waals surface area contributed by atoms with Crippen LogP contribution in [-0.4, -0.2) is 6.54 Å². The molecule has 0 saturated heterocycles. The van der Waals surface area contributed by atoms with E-state index in [4.69, 9.17) is 0 Å². The van der Waals surface area contributed by atoms with Crippen molar-refractivity contribution in [2.75, 3.05) is 6.54 Å². The van der Waals surface area contributed by atoms with E-state index in [1.165, 1.54) is 59.7 Å². The van der Waals surface area contributed by atoms with Gasteiger partial charge in [-0.1, -0.05) is 48.2 Å². The number of rotatable bonds is 5. The maximum absolute atomic E-state index is 3.83. The van der Waals surface area contributed by atoms with Crippen LogP contribution in [0.3, 0.4) is 0 Å². The fourth-order valence-corrected chi connectivity index (χ4v) is 3.89. The van der Waals surface area contributed by atoms with Gasteiger partial charge in [-0.2, -0.15) is 0 Å². The first-order valence-electron chi connectivity index (χ1n) is 8.13. The molecular formula is C18H28BrN. The molecule has 0 bridgehead atoms. The van der Waals surface area contributed by atoms with Crippen LogP contribution < -0.4 is 5.32 Å². The highest BCUT2D eigenvalue weighted by molar-refractivity contribution is 9.10. The summed E-state index contributed by atoms with van der Waals surface area (Å²) in [4.78, 5) is 0. The average Bonchev–Trinajstić information content (AvgIpc) is 2.45. The van der Waals surface area contributed by atoms with Crippen LogP contribution in [0.1, 0.15) is 68.2 Å². The summed E-state index contributed by atoms with van der Waals surface area (Å²) in [5, 5.41) is 3.83. The van der Waals surface area contributed by atoms with Gasteiger partial charge < -0.3 is 5.32 Å². The molecule has 0 spiro atoms. The number of benzene rings is 1. The summed E-state index contributed by atoms with van der Waals surface area (Å²) in [5.74, 6) is 0.814. The highest BCUT2D eigenvalue weighted by Crippen LogP contribution is 2.37. The van der Waals surface area contributed by atoms with Gasteiger partial charge in [-0.3, -0.25) is 0 Å². The highest BCUT2D eigenvalue weighted by atomic mass is 79.9. The van der Waals surface area contributed by atoms with E-state index in [0.717, 1.165) is 12.5 Å². The fourth-order valence-electron chi connectivity index (χ4n) is 3.44. The van der Waals surface area contributed by atoms with Crippen molar-refractivity contribution < 1.29 is 0 Å². The zero-order chi connectivity index (χ0) is 14.5. The number of nitrogens with one attached hydrogen (secondary N) is 1. The molecule has 1 fully saturated rings. The maximum Gasteiger partial charge on any atom is 0.0351 e. The Kier molecular flexibility index (Phi) is 6.10. The van der Waals surface area contributed by atoms with Crippen molar-refractivity contribution in [3.8, 4) is 0 Å². The van der Waals surface area contributed by atoms with Gasteiger partial charge in [0.15, 0.2) is 0 Å². The first-order valence-corrected chi connectivity index (χ1v) is 8.92. The summed E-state index contributed by atoms with van der Waals surface area (Å²) in [6, 6.07) is 5.22. The molecule has 1 nitrogen and oxygen atoms in total. The smallest absolute Gasteiger partial charge is 0.0351 e. The van der Waals surface area contributed by atoms with Gasteiger partial charge in [-0.05, 0) is 68.3 Å². The van der Waals surface area contributed by atoms with E-state index in [9.17, 15) is 0 Å². The van der Waals surface area contributed by atoms with E-state index in [1.54, 1.807) is 0 Å². The van der Waals surface area contributed by atoms with Gasteiger partial charge in [-0.15, -0.1) is 0 Å². The summed E-state index contributed by atoms with van der Waals surface area (Å²) >= 11 is 3.66. The normalized spacial score (nSPS) is 18.2. The molecule has 20 heavy (non-hydrogen) atoms.